The van der Waals surface area contributed by atoms with Crippen LogP contribution in [0, 0.1) is 0 Å². The van der Waals surface area contributed by atoms with Gasteiger partial charge in [-0.05, 0) is 371 Å². The number of methoxy groups -OCH3 is 1. The van der Waals surface area contributed by atoms with Crippen molar-refractivity contribution in [1.82, 2.24) is 4.90 Å². The second-order valence-corrected chi connectivity index (χ2v) is 39.4. The Balaban J connectivity index is 0.699. The second-order valence-electron chi connectivity index (χ2n) is 34.2. The van der Waals surface area contributed by atoms with E-state index in [1.807, 2.05) is 47.0 Å². The predicted molar refractivity (Wildman–Crippen MR) is 450 cm³/mol. The topological polar surface area (TPSA) is 30.9 Å². The van der Waals surface area contributed by atoms with Gasteiger partial charge in [0.05, 0.1) is 52.3 Å². The van der Waals surface area contributed by atoms with Gasteiger partial charge in [-0.15, -0.1) is 0 Å². The Kier molecular flexibility index (Phi) is 6.26. The van der Waals surface area contributed by atoms with Crippen molar-refractivity contribution >= 4 is 368 Å². The van der Waals surface area contributed by atoms with Gasteiger partial charge in [-0.3, -0.25) is 4.90 Å². The van der Waals surface area contributed by atoms with Crippen molar-refractivity contribution in [3.8, 4) is 0 Å². The average molecular weight is 1380 g/mol. The lowest BCUT2D eigenvalue weighted by molar-refractivity contribution is 0.0192. The summed E-state index contributed by atoms with van der Waals surface area (Å²) in [6, 6.07) is 18.5. The van der Waals surface area contributed by atoms with Crippen molar-refractivity contribution < 1.29 is 14.2 Å². The van der Waals surface area contributed by atoms with Crippen LogP contribution in [0.15, 0.2) is 92.5 Å². The van der Waals surface area contributed by atoms with Gasteiger partial charge in [-0.2, -0.15) is 0 Å². The van der Waals surface area contributed by atoms with E-state index < -0.39 is 10.8 Å². The second kappa shape index (κ2) is 13.4. The van der Waals surface area contributed by atoms with Crippen LogP contribution in [0.4, 0.5) is 0 Å². The van der Waals surface area contributed by atoms with E-state index in [0.29, 0.717) is 33.0 Å². The molecule has 7 aliphatic rings. The SMILES string of the molecule is COCCOCCOCCN1CC23c4c5c6c7c8c9c(c%10c%11c2c2c4c4c%12c5c5c6c6c8c8c%13c9c9c%10c%10c%11c%11c2c2c4c4c%12c%12c5c5c6c8c6c8c%13c9c9c%10c%10c%11c2c2c4c4c%12c5c6c5c8c9c%10c2c45)C73C1/C=C/C=C/C1=C(C)SC(=c2c3ccccc3c(=C3SC(C)=C(C)S3)c3ccccc23)S1. The van der Waals surface area contributed by atoms with E-state index in [0.717, 1.165) is 13.1 Å². The van der Waals surface area contributed by atoms with Crippen molar-refractivity contribution in [2.45, 2.75) is 37.6 Å². The number of fused-ring (bicyclic) bond motifs is 2. The highest BCUT2D eigenvalue weighted by Gasteiger charge is 2.75. The predicted octanol–water partition coefficient (Wildman–Crippen LogP) is 24.4. The van der Waals surface area contributed by atoms with Crippen LogP contribution in [0.5, 0.6) is 0 Å². The van der Waals surface area contributed by atoms with Crippen molar-refractivity contribution in [3.63, 3.8) is 0 Å². The molecule has 0 amide bonds. The lowest BCUT2D eigenvalue weighted by Gasteiger charge is -2.51. The molecule has 31 aromatic rings. The van der Waals surface area contributed by atoms with Gasteiger partial charge in [0.2, 0.25) is 0 Å². The average Bonchev–Trinajstić information content (AvgIpc) is 1.38. The highest BCUT2D eigenvalue weighted by Crippen LogP contribution is 2.86. The number of nitrogens with zero attached hydrogens (tertiary/aromatic N) is 1. The molecule has 0 aromatic heterocycles. The third-order valence-corrected chi connectivity index (χ3v) is 37.2. The molecule has 4 aliphatic carbocycles. The van der Waals surface area contributed by atoms with E-state index in [-0.39, 0.29) is 6.04 Å². The molecule has 31 aromatic carbocycles. The summed E-state index contributed by atoms with van der Waals surface area (Å²) in [6.07, 6.45) is 10.3. The van der Waals surface area contributed by atoms with E-state index in [2.05, 4.69) is 98.5 Å². The van der Waals surface area contributed by atoms with E-state index in [4.69, 9.17) is 14.2 Å². The molecule has 0 saturated carbocycles. The Bertz CT molecular complexity index is 9270. The molecule has 1 unspecified atom stereocenters. The van der Waals surface area contributed by atoms with Gasteiger partial charge in [0, 0.05) is 46.5 Å². The zero-order valence-corrected chi connectivity index (χ0v) is 59.0. The van der Waals surface area contributed by atoms with E-state index in [1.54, 1.807) is 320 Å². The summed E-state index contributed by atoms with van der Waals surface area (Å²) >= 11 is 7.87. The standard InChI is InChI=1S/C96H39NO3S4/c1-24-25(2)102-93(101-24)33-27-11-5-7-13-29(27)34(30-14-8-6-12-28(30)33)94-103-26(3)31(104-94)15-9-10-16-32-96-91-85-79-69-57-49-41-37-35-36-39-43(41)51(57)61-55-47(39)48-40(36)44-42-38(35)46-45(37)53-59(49)67-73-63(53)64-54(46)60-50(42)58-52(44)62-56(48)66-65(55)77(71(61)79)87(91)88-78(66)72(62)80-70(58)76-68(60)74(64)82-81(73)89(83(85)75(67)69)95(96,90(82)84(76)86(80)92(88)96)23-97(32)17-18-99-21-22-100-20-19-98-4/h5-16,32H,17-23H2,1-4H3/b15-9+,16-10+. The highest BCUT2D eigenvalue weighted by atomic mass is 32.2. The van der Waals surface area contributed by atoms with Crippen LogP contribution in [-0.4, -0.2) is 64.2 Å². The fraction of sp³-hybridized carbons (Fsp3) is 0.146. The third-order valence-electron chi connectivity index (χ3n) is 31.9. The number of benzene rings is 21. The fourth-order valence-corrected chi connectivity index (χ4v) is 35.5. The van der Waals surface area contributed by atoms with Crippen molar-refractivity contribution in [2.75, 3.05) is 53.2 Å². The van der Waals surface area contributed by atoms with Crippen molar-refractivity contribution in [2.24, 2.45) is 0 Å². The molecule has 4 nitrogen and oxygen atoms in total. The first-order valence-corrected chi connectivity index (χ1v) is 41.1. The monoisotopic (exact) mass is 1380 g/mol. The molecule has 38 rings (SSSR count). The minimum atomic E-state index is -0.463. The summed E-state index contributed by atoms with van der Waals surface area (Å²) in [7, 11) is 1.76. The molecule has 3 heterocycles. The number of ether oxygens (including phenoxy) is 3. The van der Waals surface area contributed by atoms with Crippen LogP contribution in [0.3, 0.4) is 0 Å². The highest BCUT2D eigenvalue weighted by molar-refractivity contribution is 8.36. The molecule has 3 aliphatic heterocycles. The lowest BCUT2D eigenvalue weighted by Crippen LogP contribution is -2.54. The maximum absolute atomic E-state index is 6.92. The Hall–Kier alpha value is -9.42. The summed E-state index contributed by atoms with van der Waals surface area (Å²) in [5.41, 5.74) is 6.04. The Morgan fingerprint density at radius 2 is 0.615 bits per heavy atom. The molecular weight excluding hydrogens is 1340 g/mol. The van der Waals surface area contributed by atoms with Crippen LogP contribution >= 0.6 is 47.0 Å². The molecule has 0 bridgehead atoms. The maximum atomic E-state index is 6.92. The summed E-state index contributed by atoms with van der Waals surface area (Å²) in [5.74, 6) is 0. The number of rotatable bonds is 12. The van der Waals surface area contributed by atoms with Crippen LogP contribution in [0.2, 0.25) is 0 Å². The van der Waals surface area contributed by atoms with Crippen LogP contribution in [-0.2, 0) is 25.0 Å². The molecule has 104 heavy (non-hydrogen) atoms. The van der Waals surface area contributed by atoms with Crippen LogP contribution < -0.4 is 10.4 Å². The van der Waals surface area contributed by atoms with Crippen molar-refractivity contribution in [3.05, 3.63) is 125 Å². The molecule has 1 fully saturated rings. The Morgan fingerprint density at radius 3 is 0.942 bits per heavy atom. The van der Waals surface area contributed by atoms with Gasteiger partial charge in [0.15, 0.2) is 0 Å². The summed E-state index contributed by atoms with van der Waals surface area (Å²) in [5, 5.41) is 96.9. The Labute approximate surface area is 598 Å². The van der Waals surface area contributed by atoms with E-state index in [9.17, 15) is 0 Å². The molecule has 1 saturated heterocycles. The smallest absolute Gasteiger partial charge is 0.0701 e. The van der Waals surface area contributed by atoms with E-state index >= 15 is 0 Å². The number of thioether (sulfide) groups is 4. The molecule has 0 radical (unpaired) electrons. The first kappa shape index (κ1) is 48.6. The quantitative estimate of drug-likeness (QED) is 0.0518. The Morgan fingerprint density at radius 1 is 0.337 bits per heavy atom. The third kappa shape index (κ3) is 3.58. The zero-order valence-electron chi connectivity index (χ0n) is 55.8. The maximum Gasteiger partial charge on any atom is 0.0701 e. The van der Waals surface area contributed by atoms with Gasteiger partial charge in [-0.1, -0.05) is 114 Å². The minimum Gasteiger partial charge on any atom is -0.382 e. The normalized spacial score (nSPS) is 21.9. The first-order valence-electron chi connectivity index (χ1n) is 37.8. The van der Waals surface area contributed by atoms with Gasteiger partial charge >= 0.3 is 0 Å². The number of hydrogen-bond donors (Lipinski definition) is 0. The van der Waals surface area contributed by atoms with E-state index in [1.165, 1.54) is 60.1 Å². The first-order chi connectivity index (χ1) is 51.5. The number of allylic oxidation sites excluding steroid dienone is 6. The fourth-order valence-electron chi connectivity index (χ4n) is 30.2. The lowest BCUT2D eigenvalue weighted by atomic mass is 9.48. The van der Waals surface area contributed by atoms with Crippen molar-refractivity contribution in [1.29, 1.82) is 0 Å². The van der Waals surface area contributed by atoms with Gasteiger partial charge in [-0.25, -0.2) is 0 Å². The summed E-state index contributed by atoms with van der Waals surface area (Å²) in [6.45, 7) is 11.6. The molecular formula is C96H39NO3S4. The minimum absolute atomic E-state index is 0.000316. The largest absolute Gasteiger partial charge is 0.382 e. The number of likely N-dealkylation sites (tertiary alicyclic amines) is 1. The molecule has 2 spiro atoms. The summed E-state index contributed by atoms with van der Waals surface area (Å²) in [4.78, 5) is 8.56. The molecule has 1 atom stereocenters. The van der Waals surface area contributed by atoms with Gasteiger partial charge < -0.3 is 14.2 Å². The van der Waals surface area contributed by atoms with Crippen LogP contribution in [0.25, 0.3) is 321 Å². The molecule has 470 valence electrons. The zero-order chi connectivity index (χ0) is 65.0. The molecule has 0 N–H and O–H groups in total. The summed E-state index contributed by atoms with van der Waals surface area (Å²) < 4.78 is 21.2. The number of hydrogen-bond acceptors (Lipinski definition) is 8. The van der Waals surface area contributed by atoms with Gasteiger partial charge in [0.25, 0.3) is 0 Å². The van der Waals surface area contributed by atoms with Crippen LogP contribution in [0.1, 0.15) is 43.0 Å². The van der Waals surface area contributed by atoms with Gasteiger partial charge in [0.1, 0.15) is 0 Å². The molecule has 8 heteroatoms.